The van der Waals surface area contributed by atoms with Gasteiger partial charge >= 0.3 is 35.5 Å². The maximum absolute atomic E-state index is 12.5. The summed E-state index contributed by atoms with van der Waals surface area (Å²) in [5, 5.41) is 18.0. The van der Waals surface area contributed by atoms with E-state index < -0.39 is 37.9 Å². The van der Waals surface area contributed by atoms with E-state index in [-0.39, 0.29) is 43.8 Å². The summed E-state index contributed by atoms with van der Waals surface area (Å²) < 4.78 is 23.5. The predicted molar refractivity (Wildman–Crippen MR) is 65.2 cm³/mol. The Bertz CT molecular complexity index is 696. The zero-order valence-corrected chi connectivity index (χ0v) is 14.3. The molecule has 21 heavy (non-hydrogen) atoms. The third kappa shape index (κ3) is 2.04. The summed E-state index contributed by atoms with van der Waals surface area (Å²) in [5.74, 6) is -1.77. The van der Waals surface area contributed by atoms with Crippen molar-refractivity contribution in [2.75, 3.05) is 0 Å². The fraction of sp³-hybridized carbons (Fsp3) is 0.600. The molecule has 11 heteroatoms. The molecule has 0 radical (unpaired) electrons. The van der Waals surface area contributed by atoms with E-state index in [0.29, 0.717) is 5.69 Å². The van der Waals surface area contributed by atoms with E-state index in [2.05, 4.69) is 15.4 Å². The molecular formula is C10H13N4NaO5S. The van der Waals surface area contributed by atoms with Gasteiger partial charge in [0.1, 0.15) is 10.1 Å². The van der Waals surface area contributed by atoms with Crippen LogP contribution in [0.5, 0.6) is 0 Å². The molecule has 0 aliphatic carbocycles. The Labute approximate surface area is 143 Å². The van der Waals surface area contributed by atoms with Crippen molar-refractivity contribution >= 4 is 21.7 Å². The first-order chi connectivity index (χ1) is 9.29. The molecule has 2 aliphatic rings. The van der Waals surface area contributed by atoms with Crippen LogP contribution in [0.1, 0.15) is 20.5 Å². The van der Waals surface area contributed by atoms with Crippen LogP contribution in [0.25, 0.3) is 0 Å². The van der Waals surface area contributed by atoms with Gasteiger partial charge in [0.15, 0.2) is 15.9 Å². The average molecular weight is 324 g/mol. The molecule has 2 N–H and O–H groups in total. The molecule has 1 aromatic rings. The quantitative estimate of drug-likeness (QED) is 0.424. The molecule has 2 aliphatic heterocycles. The van der Waals surface area contributed by atoms with Gasteiger partial charge in [0.25, 0.3) is 0 Å². The van der Waals surface area contributed by atoms with Crippen molar-refractivity contribution in [1.82, 2.24) is 20.3 Å². The number of carbonyl (C=O) groups is 2. The number of sulfone groups is 1. The molecule has 1 amide bonds. The zero-order chi connectivity index (χ0) is 14.7. The summed E-state index contributed by atoms with van der Waals surface area (Å²) in [6.07, 6.45) is 1.08. The molecule has 0 saturated carbocycles. The number of amides is 1. The second-order valence-corrected chi connectivity index (χ2v) is 7.76. The smallest absolute Gasteiger partial charge is 1.00 e. The van der Waals surface area contributed by atoms with Crippen LogP contribution < -0.4 is 29.6 Å². The van der Waals surface area contributed by atoms with Crippen molar-refractivity contribution in [3.63, 3.8) is 0 Å². The maximum atomic E-state index is 12.5. The minimum Gasteiger partial charge on any atom is -1.00 e. The predicted octanol–water partition coefficient (Wildman–Crippen LogP) is -4.34. The molecule has 3 rings (SSSR count). The van der Waals surface area contributed by atoms with Crippen LogP contribution in [0.3, 0.4) is 0 Å². The second-order valence-electron chi connectivity index (χ2n) is 5.20. The SMILES string of the molecule is CC1(Cc2cn[nH]n2)[C@H](C(=O)O)N2C(=O)CC2S1(=O)=O.[H-].[Na+]. The Kier molecular flexibility index (Phi) is 3.94. The normalized spacial score (nSPS) is 33.0. The molecule has 0 bridgehead atoms. The number of carbonyl (C=O) groups excluding carboxylic acids is 1. The minimum absolute atomic E-state index is 0. The van der Waals surface area contributed by atoms with E-state index in [4.69, 9.17) is 0 Å². The number of nitrogens with zero attached hydrogens (tertiary/aromatic N) is 3. The standard InChI is InChI=1S/C10H12N4O5S.Na.H/c1-10(3-5-4-11-13-12-5)8(9(16)17)14-6(15)2-7(14)20(10,18)19;;/h4,7-8H,2-3H2,1H3,(H,16,17)(H,11,12,13);;/q;+1;-1/t7?,8-,10?;;/m0../s1. The summed E-state index contributed by atoms with van der Waals surface area (Å²) in [6, 6.07) is -1.39. The largest absolute Gasteiger partial charge is 1.00 e. The second kappa shape index (κ2) is 5.04. The van der Waals surface area contributed by atoms with Gasteiger partial charge in [0.05, 0.1) is 18.3 Å². The number of aromatic amines is 1. The molecule has 2 unspecified atom stereocenters. The maximum Gasteiger partial charge on any atom is 1.00 e. The van der Waals surface area contributed by atoms with Crippen LogP contribution in [0.4, 0.5) is 0 Å². The number of aromatic nitrogens is 3. The molecule has 2 fully saturated rings. The van der Waals surface area contributed by atoms with Crippen LogP contribution >= 0.6 is 0 Å². The summed E-state index contributed by atoms with van der Waals surface area (Å²) >= 11 is 0. The van der Waals surface area contributed by atoms with Gasteiger partial charge in [-0.3, -0.25) is 4.79 Å². The fourth-order valence-electron chi connectivity index (χ4n) is 2.98. The van der Waals surface area contributed by atoms with Crippen LogP contribution in [0, 0.1) is 0 Å². The number of rotatable bonds is 3. The summed E-state index contributed by atoms with van der Waals surface area (Å²) in [6.45, 7) is 1.35. The van der Waals surface area contributed by atoms with Gasteiger partial charge in [0, 0.05) is 6.42 Å². The van der Waals surface area contributed by atoms with Gasteiger partial charge in [-0.1, -0.05) is 0 Å². The van der Waals surface area contributed by atoms with Gasteiger partial charge in [-0.2, -0.15) is 15.4 Å². The van der Waals surface area contributed by atoms with E-state index in [1.165, 1.54) is 13.1 Å². The van der Waals surface area contributed by atoms with Crippen LogP contribution in [0.15, 0.2) is 6.20 Å². The number of carboxylic acid groups (broad SMARTS) is 1. The Morgan fingerprint density at radius 3 is 2.81 bits per heavy atom. The first-order valence-electron chi connectivity index (χ1n) is 5.91. The van der Waals surface area contributed by atoms with Gasteiger partial charge in [-0.05, 0) is 6.92 Å². The summed E-state index contributed by atoms with van der Waals surface area (Å²) in [4.78, 5) is 24.0. The van der Waals surface area contributed by atoms with Crippen LogP contribution in [-0.2, 0) is 25.8 Å². The van der Waals surface area contributed by atoms with Crippen molar-refractivity contribution in [3.8, 4) is 0 Å². The summed E-state index contributed by atoms with van der Waals surface area (Å²) in [5.41, 5.74) is 0.345. The third-order valence-corrected chi connectivity index (χ3v) is 6.82. The zero-order valence-electron chi connectivity index (χ0n) is 12.5. The number of H-pyrrole nitrogens is 1. The number of β-lactam (4-membered cyclic amide) rings is 1. The first kappa shape index (κ1) is 16.4. The minimum atomic E-state index is -3.79. The van der Waals surface area contributed by atoms with E-state index in [1.54, 1.807) is 0 Å². The molecule has 0 aromatic carbocycles. The van der Waals surface area contributed by atoms with E-state index in [9.17, 15) is 23.1 Å². The Balaban J connectivity index is 0.00000121. The van der Waals surface area contributed by atoms with Gasteiger partial charge in [0.2, 0.25) is 5.91 Å². The van der Waals surface area contributed by atoms with E-state index in [1.807, 2.05) is 0 Å². The van der Waals surface area contributed by atoms with Crippen LogP contribution in [0.2, 0.25) is 0 Å². The Morgan fingerprint density at radius 2 is 2.33 bits per heavy atom. The number of hydrogen-bond donors (Lipinski definition) is 2. The molecule has 3 atom stereocenters. The van der Waals surface area contributed by atoms with Crippen molar-refractivity contribution < 1.29 is 54.1 Å². The van der Waals surface area contributed by atoms with Gasteiger partial charge in [-0.25, -0.2) is 13.2 Å². The van der Waals surface area contributed by atoms with Crippen molar-refractivity contribution in [2.45, 2.75) is 35.9 Å². The monoisotopic (exact) mass is 324 g/mol. The van der Waals surface area contributed by atoms with Gasteiger partial charge in [-0.15, -0.1) is 0 Å². The molecule has 110 valence electrons. The number of nitrogens with one attached hydrogen (secondary N) is 1. The van der Waals surface area contributed by atoms with Crippen molar-refractivity contribution in [3.05, 3.63) is 11.9 Å². The number of carboxylic acids is 1. The number of fused-ring (bicyclic) bond motifs is 1. The topological polar surface area (TPSA) is 133 Å². The van der Waals surface area contributed by atoms with Gasteiger partial charge < -0.3 is 11.4 Å². The van der Waals surface area contributed by atoms with Crippen molar-refractivity contribution in [2.24, 2.45) is 0 Å². The summed E-state index contributed by atoms with van der Waals surface area (Å²) in [7, 11) is -3.79. The first-order valence-corrected chi connectivity index (χ1v) is 7.46. The molecule has 1 aromatic heterocycles. The Morgan fingerprint density at radius 1 is 1.67 bits per heavy atom. The van der Waals surface area contributed by atoms with E-state index >= 15 is 0 Å². The van der Waals surface area contributed by atoms with Crippen LogP contribution in [-0.4, -0.2) is 61.9 Å². The van der Waals surface area contributed by atoms with Crippen molar-refractivity contribution in [1.29, 1.82) is 0 Å². The molecule has 2 saturated heterocycles. The molecular weight excluding hydrogens is 311 g/mol. The Hall–Kier alpha value is -0.970. The number of hydrogen-bond acceptors (Lipinski definition) is 6. The molecule has 9 nitrogen and oxygen atoms in total. The third-order valence-electron chi connectivity index (χ3n) is 4.04. The average Bonchev–Trinajstić information content (AvgIpc) is 2.87. The molecule has 3 heterocycles. The fourth-order valence-corrected chi connectivity index (χ4v) is 5.38. The van der Waals surface area contributed by atoms with E-state index in [0.717, 1.165) is 4.90 Å². The number of aliphatic carboxylic acids is 1. The molecule has 0 spiro atoms.